The minimum absolute atomic E-state index is 0.266. The summed E-state index contributed by atoms with van der Waals surface area (Å²) >= 11 is 0. The maximum Gasteiger partial charge on any atom is 0.341 e. The van der Waals surface area contributed by atoms with Crippen molar-refractivity contribution >= 4 is 28.9 Å². The number of aromatic nitrogens is 2. The van der Waals surface area contributed by atoms with Crippen LogP contribution in [0.4, 0.5) is 10.3 Å². The number of aliphatic carboxylic acids is 1. The number of fused-ring (bicyclic) bond motifs is 1. The summed E-state index contributed by atoms with van der Waals surface area (Å²) < 4.78 is 20.0. The number of nitrogens with one attached hydrogen (secondary N) is 1. The maximum atomic E-state index is 13.3. The van der Waals surface area contributed by atoms with Crippen molar-refractivity contribution in [3.05, 3.63) is 53.8 Å². The summed E-state index contributed by atoms with van der Waals surface area (Å²) in [6.07, 6.45) is 0. The van der Waals surface area contributed by atoms with Gasteiger partial charge in [0, 0.05) is 18.7 Å². The zero-order valence-electron chi connectivity index (χ0n) is 13.2. The van der Waals surface area contributed by atoms with Crippen molar-refractivity contribution in [1.29, 1.82) is 0 Å². The van der Waals surface area contributed by atoms with Crippen molar-refractivity contribution in [3.63, 3.8) is 0 Å². The highest BCUT2D eigenvalue weighted by molar-refractivity contribution is 6.04. The predicted octanol–water partition coefficient (Wildman–Crippen LogP) is 2.43. The van der Waals surface area contributed by atoms with Gasteiger partial charge >= 0.3 is 5.97 Å². The van der Waals surface area contributed by atoms with E-state index >= 15 is 0 Å². The highest BCUT2D eigenvalue weighted by Crippen LogP contribution is 2.20. The molecular formula is C17H14FN3O4. The fourth-order valence-electron chi connectivity index (χ4n) is 2.33. The Kier molecular flexibility index (Phi) is 4.34. The lowest BCUT2D eigenvalue weighted by Gasteiger charge is -2.07. The third-order valence-electron chi connectivity index (χ3n) is 3.53. The molecule has 8 heteroatoms. The van der Waals surface area contributed by atoms with Gasteiger partial charge in [-0.15, -0.1) is 0 Å². The molecule has 0 unspecified atom stereocenters. The molecule has 7 nitrogen and oxygen atoms in total. The molecule has 3 rings (SSSR count). The normalized spacial score (nSPS) is 10.6. The van der Waals surface area contributed by atoms with Crippen molar-refractivity contribution in [2.75, 3.05) is 11.9 Å². The van der Waals surface area contributed by atoms with Gasteiger partial charge in [0.1, 0.15) is 11.6 Å². The number of ether oxygens (including phenoxy) is 1. The predicted molar refractivity (Wildman–Crippen MR) is 88.2 cm³/mol. The van der Waals surface area contributed by atoms with Gasteiger partial charge in [-0.2, -0.15) is 0 Å². The molecule has 0 atom stereocenters. The van der Waals surface area contributed by atoms with Gasteiger partial charge in [-0.3, -0.25) is 10.1 Å². The first-order valence-corrected chi connectivity index (χ1v) is 7.32. The number of rotatable bonds is 5. The molecule has 0 aliphatic carbocycles. The van der Waals surface area contributed by atoms with Crippen LogP contribution < -0.4 is 10.1 Å². The Bertz CT molecular complexity index is 968. The zero-order chi connectivity index (χ0) is 18.0. The quantitative estimate of drug-likeness (QED) is 0.742. The van der Waals surface area contributed by atoms with Gasteiger partial charge in [0.15, 0.2) is 6.61 Å². The van der Waals surface area contributed by atoms with Crippen LogP contribution in [0.25, 0.3) is 11.0 Å². The summed E-state index contributed by atoms with van der Waals surface area (Å²) in [7, 11) is 1.70. The van der Waals surface area contributed by atoms with Gasteiger partial charge < -0.3 is 14.4 Å². The molecule has 128 valence electrons. The van der Waals surface area contributed by atoms with E-state index in [1.54, 1.807) is 35.9 Å². The van der Waals surface area contributed by atoms with Crippen LogP contribution in [-0.4, -0.2) is 33.1 Å². The van der Waals surface area contributed by atoms with Gasteiger partial charge in [0.2, 0.25) is 5.95 Å². The minimum Gasteiger partial charge on any atom is -0.482 e. The van der Waals surface area contributed by atoms with Crippen LogP contribution in [0.2, 0.25) is 0 Å². The molecule has 0 radical (unpaired) electrons. The molecule has 0 spiro atoms. The summed E-state index contributed by atoms with van der Waals surface area (Å²) in [6.45, 7) is -0.499. The highest BCUT2D eigenvalue weighted by Gasteiger charge is 2.13. The first-order valence-electron chi connectivity index (χ1n) is 7.32. The molecule has 0 bridgehead atoms. The molecule has 2 N–H and O–H groups in total. The number of aryl methyl sites for hydroxylation is 1. The van der Waals surface area contributed by atoms with E-state index in [0.717, 1.165) is 0 Å². The number of carbonyl (C=O) groups is 2. The number of amides is 1. The monoisotopic (exact) mass is 343 g/mol. The van der Waals surface area contributed by atoms with E-state index < -0.39 is 24.3 Å². The lowest BCUT2D eigenvalue weighted by molar-refractivity contribution is -0.139. The van der Waals surface area contributed by atoms with E-state index in [0.29, 0.717) is 11.0 Å². The molecule has 25 heavy (non-hydrogen) atoms. The fraction of sp³-hybridized carbons (Fsp3) is 0.118. The first-order chi connectivity index (χ1) is 11.9. The Balaban J connectivity index is 1.81. The molecule has 1 aromatic heterocycles. The largest absolute Gasteiger partial charge is 0.482 e. The Morgan fingerprint density at radius 2 is 2.08 bits per heavy atom. The molecule has 0 saturated heterocycles. The van der Waals surface area contributed by atoms with Crippen molar-refractivity contribution in [3.8, 4) is 5.75 Å². The van der Waals surface area contributed by atoms with E-state index in [4.69, 9.17) is 9.84 Å². The Hall–Kier alpha value is -3.42. The Labute approximate surface area is 141 Å². The van der Waals surface area contributed by atoms with Crippen LogP contribution in [0.1, 0.15) is 10.4 Å². The zero-order valence-corrected chi connectivity index (χ0v) is 13.2. The number of nitrogens with zero attached hydrogens (tertiary/aromatic N) is 2. The van der Waals surface area contributed by atoms with Gasteiger partial charge in [-0.05, 0) is 30.3 Å². The maximum absolute atomic E-state index is 13.3. The van der Waals surface area contributed by atoms with E-state index in [9.17, 15) is 14.0 Å². The van der Waals surface area contributed by atoms with Crippen LogP contribution in [0.15, 0.2) is 42.5 Å². The van der Waals surface area contributed by atoms with Crippen molar-refractivity contribution in [2.45, 2.75) is 0 Å². The molecule has 3 aromatic rings. The average molecular weight is 343 g/mol. The molecule has 2 aromatic carbocycles. The number of hydrogen-bond donors (Lipinski definition) is 2. The number of carboxylic acid groups (broad SMARTS) is 1. The number of imidazole rings is 1. The number of carboxylic acids is 1. The second kappa shape index (κ2) is 6.60. The Morgan fingerprint density at radius 1 is 1.28 bits per heavy atom. The number of carbonyl (C=O) groups excluding carboxylic acids is 1. The molecule has 0 aliphatic heterocycles. The molecule has 1 heterocycles. The summed E-state index contributed by atoms with van der Waals surface area (Å²) in [6, 6.07) is 10.3. The number of hydrogen-bond acceptors (Lipinski definition) is 4. The summed E-state index contributed by atoms with van der Waals surface area (Å²) in [5.41, 5.74) is 1.38. The van der Waals surface area contributed by atoms with Crippen molar-refractivity contribution in [2.24, 2.45) is 7.05 Å². The van der Waals surface area contributed by atoms with Crippen LogP contribution in [-0.2, 0) is 11.8 Å². The number of benzene rings is 2. The molecule has 0 fully saturated rings. The second-order valence-corrected chi connectivity index (χ2v) is 5.29. The number of halogens is 1. The van der Waals surface area contributed by atoms with Crippen LogP contribution in [0, 0.1) is 5.82 Å². The SMILES string of the molecule is Cn1c(NC(=O)c2cccc(OCC(=O)O)c2)nc2cc(F)ccc21. The molecule has 1 amide bonds. The van der Waals surface area contributed by atoms with Gasteiger partial charge in [-0.1, -0.05) is 6.07 Å². The van der Waals surface area contributed by atoms with E-state index in [1.165, 1.54) is 18.2 Å². The second-order valence-electron chi connectivity index (χ2n) is 5.29. The van der Waals surface area contributed by atoms with E-state index in [2.05, 4.69) is 10.3 Å². The minimum atomic E-state index is -1.11. The summed E-state index contributed by atoms with van der Waals surface area (Å²) in [5, 5.41) is 11.3. The third kappa shape index (κ3) is 3.57. The topological polar surface area (TPSA) is 93.5 Å². The smallest absolute Gasteiger partial charge is 0.341 e. The van der Waals surface area contributed by atoms with Crippen molar-refractivity contribution in [1.82, 2.24) is 9.55 Å². The summed E-state index contributed by atoms with van der Waals surface area (Å²) in [5.74, 6) is -1.43. The Morgan fingerprint density at radius 3 is 2.84 bits per heavy atom. The molecular weight excluding hydrogens is 329 g/mol. The lowest BCUT2D eigenvalue weighted by atomic mass is 10.2. The van der Waals surface area contributed by atoms with Gasteiger partial charge in [0.05, 0.1) is 11.0 Å². The summed E-state index contributed by atoms with van der Waals surface area (Å²) in [4.78, 5) is 27.1. The third-order valence-corrected chi connectivity index (χ3v) is 3.53. The first kappa shape index (κ1) is 16.4. The van der Waals surface area contributed by atoms with Gasteiger partial charge in [-0.25, -0.2) is 14.2 Å². The van der Waals surface area contributed by atoms with E-state index in [-0.39, 0.29) is 17.3 Å². The van der Waals surface area contributed by atoms with Crippen LogP contribution in [0.5, 0.6) is 5.75 Å². The van der Waals surface area contributed by atoms with Crippen LogP contribution in [0.3, 0.4) is 0 Å². The fourth-order valence-corrected chi connectivity index (χ4v) is 2.33. The van der Waals surface area contributed by atoms with Gasteiger partial charge in [0.25, 0.3) is 5.91 Å². The molecule has 0 saturated carbocycles. The lowest BCUT2D eigenvalue weighted by Crippen LogP contribution is -2.15. The van der Waals surface area contributed by atoms with Crippen molar-refractivity contribution < 1.29 is 23.8 Å². The van der Waals surface area contributed by atoms with E-state index in [1.807, 2.05) is 0 Å². The standard InChI is InChI=1S/C17H14FN3O4/c1-21-14-6-5-11(18)8-13(14)19-17(21)20-16(24)10-3-2-4-12(7-10)25-9-15(22)23/h2-8H,9H2,1H3,(H,22,23)(H,19,20,24). The number of anilines is 1. The average Bonchev–Trinajstić information content (AvgIpc) is 2.88. The highest BCUT2D eigenvalue weighted by atomic mass is 19.1. The van der Waals surface area contributed by atoms with Crippen LogP contribution >= 0.6 is 0 Å². The molecule has 0 aliphatic rings.